The number of benzene rings is 1. The van der Waals surface area contributed by atoms with Gasteiger partial charge in [-0.3, -0.25) is 4.98 Å². The third-order valence-corrected chi connectivity index (χ3v) is 3.16. The van der Waals surface area contributed by atoms with Gasteiger partial charge < -0.3 is 4.42 Å². The Labute approximate surface area is 104 Å². The van der Waals surface area contributed by atoms with Crippen LogP contribution in [0.15, 0.2) is 59.3 Å². The molecule has 0 aliphatic rings. The number of fused-ring (bicyclic) bond motifs is 1. The number of alkyl halides is 1. The standard InChI is InChI=1S/C14H10ClNO/c15-14(10-5-7-16-8-6-10)13-9-11-3-1-2-4-12(11)17-13/h1-9,14H. The Bertz CT molecular complexity index is 600. The van der Waals surface area contributed by atoms with Crippen molar-refractivity contribution in [3.05, 3.63) is 66.2 Å². The van der Waals surface area contributed by atoms with Gasteiger partial charge in [0.05, 0.1) is 0 Å². The van der Waals surface area contributed by atoms with Crippen LogP contribution >= 0.6 is 11.6 Å². The molecule has 0 aliphatic carbocycles. The molecule has 0 amide bonds. The molecule has 17 heavy (non-hydrogen) atoms. The second kappa shape index (κ2) is 4.22. The predicted octanol–water partition coefficient (Wildman–Crippen LogP) is 4.16. The first kappa shape index (κ1) is 10.4. The summed E-state index contributed by atoms with van der Waals surface area (Å²) in [5.41, 5.74) is 1.85. The number of para-hydroxylation sites is 1. The van der Waals surface area contributed by atoms with Gasteiger partial charge >= 0.3 is 0 Å². The van der Waals surface area contributed by atoms with Crippen LogP contribution < -0.4 is 0 Å². The van der Waals surface area contributed by atoms with Gasteiger partial charge in [0.2, 0.25) is 0 Å². The molecule has 0 saturated carbocycles. The Balaban J connectivity index is 2.04. The fraction of sp³-hybridized carbons (Fsp3) is 0.0714. The van der Waals surface area contributed by atoms with Gasteiger partial charge in [-0.25, -0.2) is 0 Å². The van der Waals surface area contributed by atoms with E-state index < -0.39 is 0 Å². The Morgan fingerprint density at radius 2 is 1.82 bits per heavy atom. The van der Waals surface area contributed by atoms with Crippen LogP contribution in [-0.2, 0) is 0 Å². The largest absolute Gasteiger partial charge is 0.459 e. The quantitative estimate of drug-likeness (QED) is 0.632. The van der Waals surface area contributed by atoms with Crippen molar-refractivity contribution in [2.45, 2.75) is 5.38 Å². The minimum atomic E-state index is -0.273. The smallest absolute Gasteiger partial charge is 0.134 e. The van der Waals surface area contributed by atoms with Crippen LogP contribution in [0.3, 0.4) is 0 Å². The maximum atomic E-state index is 6.38. The van der Waals surface area contributed by atoms with Crippen molar-refractivity contribution in [2.75, 3.05) is 0 Å². The molecule has 84 valence electrons. The van der Waals surface area contributed by atoms with Crippen LogP contribution in [0.25, 0.3) is 11.0 Å². The summed E-state index contributed by atoms with van der Waals surface area (Å²) in [4.78, 5) is 3.97. The Morgan fingerprint density at radius 3 is 2.59 bits per heavy atom. The molecule has 1 unspecified atom stereocenters. The first-order valence-electron chi connectivity index (χ1n) is 5.37. The highest BCUT2D eigenvalue weighted by Crippen LogP contribution is 2.32. The summed E-state index contributed by atoms with van der Waals surface area (Å²) in [7, 11) is 0. The normalized spacial score (nSPS) is 12.8. The first-order valence-corrected chi connectivity index (χ1v) is 5.81. The van der Waals surface area contributed by atoms with Crippen molar-refractivity contribution in [1.29, 1.82) is 0 Å². The molecule has 0 bridgehead atoms. The molecule has 3 heteroatoms. The minimum absolute atomic E-state index is 0.273. The fourth-order valence-electron chi connectivity index (χ4n) is 1.82. The maximum absolute atomic E-state index is 6.38. The molecule has 2 heterocycles. The lowest BCUT2D eigenvalue weighted by molar-refractivity contribution is 0.557. The van der Waals surface area contributed by atoms with Gasteiger partial charge in [0.15, 0.2) is 0 Å². The summed E-state index contributed by atoms with van der Waals surface area (Å²) in [6, 6.07) is 13.7. The molecule has 1 atom stereocenters. The SMILES string of the molecule is ClC(c1ccncc1)c1cc2ccccc2o1. The third kappa shape index (κ3) is 1.92. The van der Waals surface area contributed by atoms with E-state index in [9.17, 15) is 0 Å². The van der Waals surface area contributed by atoms with Crippen LogP contribution in [0.1, 0.15) is 16.7 Å². The van der Waals surface area contributed by atoms with E-state index in [2.05, 4.69) is 4.98 Å². The lowest BCUT2D eigenvalue weighted by Crippen LogP contribution is -1.90. The number of halogens is 1. The zero-order valence-electron chi connectivity index (χ0n) is 9.01. The van der Waals surface area contributed by atoms with Crippen LogP contribution in [-0.4, -0.2) is 4.98 Å². The highest BCUT2D eigenvalue weighted by Gasteiger charge is 2.15. The van der Waals surface area contributed by atoms with Crippen LogP contribution in [0.5, 0.6) is 0 Å². The van der Waals surface area contributed by atoms with Crippen molar-refractivity contribution in [2.24, 2.45) is 0 Å². The number of pyridine rings is 1. The topological polar surface area (TPSA) is 26.0 Å². The number of furan rings is 1. The summed E-state index contributed by atoms with van der Waals surface area (Å²) < 4.78 is 5.73. The molecular weight excluding hydrogens is 234 g/mol. The van der Waals surface area contributed by atoms with Crippen molar-refractivity contribution >= 4 is 22.6 Å². The monoisotopic (exact) mass is 243 g/mol. The molecule has 3 aromatic rings. The zero-order chi connectivity index (χ0) is 11.7. The molecule has 2 nitrogen and oxygen atoms in total. The molecule has 0 spiro atoms. The number of hydrogen-bond acceptors (Lipinski definition) is 2. The fourth-order valence-corrected chi connectivity index (χ4v) is 2.08. The van der Waals surface area contributed by atoms with E-state index in [0.717, 1.165) is 22.3 Å². The molecule has 3 rings (SSSR count). The Kier molecular flexibility index (Phi) is 2.57. The highest BCUT2D eigenvalue weighted by molar-refractivity contribution is 6.22. The molecule has 0 aliphatic heterocycles. The predicted molar refractivity (Wildman–Crippen MR) is 68.1 cm³/mol. The van der Waals surface area contributed by atoms with Crippen molar-refractivity contribution in [1.82, 2.24) is 4.98 Å². The van der Waals surface area contributed by atoms with Gasteiger partial charge in [-0.15, -0.1) is 11.6 Å². The summed E-state index contributed by atoms with van der Waals surface area (Å²) in [6.45, 7) is 0. The summed E-state index contributed by atoms with van der Waals surface area (Å²) in [5, 5.41) is 0.799. The summed E-state index contributed by atoms with van der Waals surface area (Å²) in [5.74, 6) is 0.763. The van der Waals surface area contributed by atoms with Gasteiger partial charge in [-0.05, 0) is 29.8 Å². The number of rotatable bonds is 2. The van der Waals surface area contributed by atoms with Gasteiger partial charge in [0.25, 0.3) is 0 Å². The maximum Gasteiger partial charge on any atom is 0.134 e. The molecule has 0 radical (unpaired) electrons. The van der Waals surface area contributed by atoms with Gasteiger partial charge in [0, 0.05) is 17.8 Å². The third-order valence-electron chi connectivity index (χ3n) is 2.69. The molecule has 1 aromatic carbocycles. The van der Waals surface area contributed by atoms with Crippen molar-refractivity contribution in [3.8, 4) is 0 Å². The van der Waals surface area contributed by atoms with Crippen molar-refractivity contribution < 1.29 is 4.42 Å². The Hall–Kier alpha value is -1.80. The first-order chi connectivity index (χ1) is 8.34. The lowest BCUT2D eigenvalue weighted by Gasteiger charge is -2.05. The van der Waals surface area contributed by atoms with E-state index >= 15 is 0 Å². The van der Waals surface area contributed by atoms with Crippen LogP contribution in [0, 0.1) is 0 Å². The second-order valence-corrected chi connectivity index (χ2v) is 4.27. The van der Waals surface area contributed by atoms with Crippen LogP contribution in [0.2, 0.25) is 0 Å². The van der Waals surface area contributed by atoms with E-state index in [1.54, 1.807) is 12.4 Å². The molecule has 0 N–H and O–H groups in total. The molecule has 0 fully saturated rings. The lowest BCUT2D eigenvalue weighted by atomic mass is 10.1. The average molecular weight is 244 g/mol. The number of nitrogens with zero attached hydrogens (tertiary/aromatic N) is 1. The van der Waals surface area contributed by atoms with E-state index in [1.807, 2.05) is 42.5 Å². The summed E-state index contributed by atoms with van der Waals surface area (Å²) in [6.07, 6.45) is 3.46. The number of aromatic nitrogens is 1. The molecule has 2 aromatic heterocycles. The van der Waals surface area contributed by atoms with E-state index in [-0.39, 0.29) is 5.38 Å². The zero-order valence-corrected chi connectivity index (χ0v) is 9.76. The highest BCUT2D eigenvalue weighted by atomic mass is 35.5. The van der Waals surface area contributed by atoms with Gasteiger partial charge in [-0.2, -0.15) is 0 Å². The molecule has 0 saturated heterocycles. The van der Waals surface area contributed by atoms with E-state index in [1.165, 1.54) is 0 Å². The van der Waals surface area contributed by atoms with Gasteiger partial charge in [0.1, 0.15) is 16.7 Å². The summed E-state index contributed by atoms with van der Waals surface area (Å²) >= 11 is 6.38. The number of hydrogen-bond donors (Lipinski definition) is 0. The van der Waals surface area contributed by atoms with E-state index in [0.29, 0.717) is 0 Å². The Morgan fingerprint density at radius 1 is 1.06 bits per heavy atom. The minimum Gasteiger partial charge on any atom is -0.459 e. The molecular formula is C14H10ClNO. The van der Waals surface area contributed by atoms with Crippen LogP contribution in [0.4, 0.5) is 0 Å². The van der Waals surface area contributed by atoms with E-state index in [4.69, 9.17) is 16.0 Å². The average Bonchev–Trinajstić information content (AvgIpc) is 2.82. The van der Waals surface area contributed by atoms with Crippen molar-refractivity contribution in [3.63, 3.8) is 0 Å². The second-order valence-electron chi connectivity index (χ2n) is 3.83. The van der Waals surface area contributed by atoms with Gasteiger partial charge in [-0.1, -0.05) is 18.2 Å².